The SMILES string of the molecule is CCNC(=NCCCCOCC)N1CCc2ccccc2C1.I. The van der Waals surface area contributed by atoms with Crippen LogP contribution in [0.4, 0.5) is 0 Å². The van der Waals surface area contributed by atoms with Crippen LogP contribution in [0.25, 0.3) is 0 Å². The van der Waals surface area contributed by atoms with Crippen LogP contribution in [0.2, 0.25) is 0 Å². The molecule has 1 aliphatic heterocycles. The molecule has 0 fully saturated rings. The van der Waals surface area contributed by atoms with Crippen molar-refractivity contribution in [2.75, 3.05) is 32.8 Å². The molecule has 0 aliphatic carbocycles. The number of hydrogen-bond acceptors (Lipinski definition) is 2. The van der Waals surface area contributed by atoms with E-state index in [4.69, 9.17) is 9.73 Å². The highest BCUT2D eigenvalue weighted by molar-refractivity contribution is 14.0. The van der Waals surface area contributed by atoms with Crippen LogP contribution in [0.15, 0.2) is 29.3 Å². The summed E-state index contributed by atoms with van der Waals surface area (Å²) in [6, 6.07) is 8.73. The normalized spacial score (nSPS) is 14.2. The Kier molecular flexibility index (Phi) is 10.3. The lowest BCUT2D eigenvalue weighted by Gasteiger charge is -2.31. The van der Waals surface area contributed by atoms with E-state index < -0.39 is 0 Å². The second-order valence-electron chi connectivity index (χ2n) is 5.58. The molecule has 0 saturated heterocycles. The van der Waals surface area contributed by atoms with E-state index in [0.717, 1.165) is 64.6 Å². The third-order valence-corrected chi connectivity index (χ3v) is 3.93. The maximum atomic E-state index is 5.37. The molecule has 0 bridgehead atoms. The smallest absolute Gasteiger partial charge is 0.194 e. The fourth-order valence-corrected chi connectivity index (χ4v) is 2.75. The van der Waals surface area contributed by atoms with Crippen molar-refractivity contribution in [3.63, 3.8) is 0 Å². The van der Waals surface area contributed by atoms with Crippen LogP contribution in [0.3, 0.4) is 0 Å². The summed E-state index contributed by atoms with van der Waals surface area (Å²) in [7, 11) is 0. The second kappa shape index (κ2) is 11.7. The molecular weight excluding hydrogens is 401 g/mol. The zero-order valence-electron chi connectivity index (χ0n) is 14.4. The fourth-order valence-electron chi connectivity index (χ4n) is 2.75. The van der Waals surface area contributed by atoms with Crippen LogP contribution < -0.4 is 5.32 Å². The van der Waals surface area contributed by atoms with Gasteiger partial charge in [-0.15, -0.1) is 24.0 Å². The lowest BCUT2D eigenvalue weighted by Crippen LogP contribution is -2.44. The number of guanidine groups is 1. The Morgan fingerprint density at radius 3 is 2.74 bits per heavy atom. The van der Waals surface area contributed by atoms with E-state index in [1.165, 1.54) is 11.1 Å². The van der Waals surface area contributed by atoms with E-state index in [-0.39, 0.29) is 24.0 Å². The van der Waals surface area contributed by atoms with E-state index in [1.807, 2.05) is 6.92 Å². The monoisotopic (exact) mass is 431 g/mol. The molecule has 0 atom stereocenters. The number of benzene rings is 1. The number of hydrogen-bond donors (Lipinski definition) is 1. The molecule has 0 amide bonds. The van der Waals surface area contributed by atoms with Gasteiger partial charge in [0, 0.05) is 39.4 Å². The summed E-state index contributed by atoms with van der Waals surface area (Å²) in [5.74, 6) is 1.05. The van der Waals surface area contributed by atoms with Crippen LogP contribution in [0, 0.1) is 0 Å². The van der Waals surface area contributed by atoms with Gasteiger partial charge in [-0.05, 0) is 44.2 Å². The molecule has 0 unspecified atom stereocenters. The van der Waals surface area contributed by atoms with Gasteiger partial charge in [0.15, 0.2) is 5.96 Å². The third-order valence-electron chi connectivity index (χ3n) is 3.93. The van der Waals surface area contributed by atoms with Gasteiger partial charge in [-0.3, -0.25) is 4.99 Å². The molecule has 5 heteroatoms. The van der Waals surface area contributed by atoms with Gasteiger partial charge in [-0.1, -0.05) is 24.3 Å². The van der Waals surface area contributed by atoms with Crippen LogP contribution in [-0.2, 0) is 17.7 Å². The van der Waals surface area contributed by atoms with Crippen LogP contribution >= 0.6 is 24.0 Å². The average Bonchev–Trinajstić information content (AvgIpc) is 2.56. The number of aliphatic imine (C=N–C) groups is 1. The van der Waals surface area contributed by atoms with E-state index in [0.29, 0.717) is 0 Å². The van der Waals surface area contributed by atoms with E-state index in [2.05, 4.69) is 41.4 Å². The summed E-state index contributed by atoms with van der Waals surface area (Å²) in [5.41, 5.74) is 2.90. The van der Waals surface area contributed by atoms with Crippen LogP contribution in [0.5, 0.6) is 0 Å². The van der Waals surface area contributed by atoms with Gasteiger partial charge in [0.1, 0.15) is 0 Å². The van der Waals surface area contributed by atoms with Crippen LogP contribution in [-0.4, -0.2) is 43.7 Å². The van der Waals surface area contributed by atoms with Gasteiger partial charge in [-0.2, -0.15) is 0 Å². The Morgan fingerprint density at radius 2 is 2.00 bits per heavy atom. The minimum absolute atomic E-state index is 0. The summed E-state index contributed by atoms with van der Waals surface area (Å²) in [6.45, 7) is 9.60. The molecule has 1 heterocycles. The summed E-state index contributed by atoms with van der Waals surface area (Å²) in [6.07, 6.45) is 3.27. The topological polar surface area (TPSA) is 36.9 Å². The lowest BCUT2D eigenvalue weighted by molar-refractivity contribution is 0.144. The summed E-state index contributed by atoms with van der Waals surface area (Å²) in [4.78, 5) is 7.15. The van der Waals surface area contributed by atoms with Gasteiger partial charge in [0.05, 0.1) is 0 Å². The number of ether oxygens (including phenoxy) is 1. The van der Waals surface area contributed by atoms with E-state index in [1.54, 1.807) is 0 Å². The van der Waals surface area contributed by atoms with Gasteiger partial charge in [0.2, 0.25) is 0 Å². The maximum absolute atomic E-state index is 5.37. The summed E-state index contributed by atoms with van der Waals surface area (Å²) in [5, 5.41) is 3.43. The van der Waals surface area contributed by atoms with Crippen molar-refractivity contribution in [2.45, 2.75) is 39.7 Å². The minimum Gasteiger partial charge on any atom is -0.382 e. The molecule has 0 radical (unpaired) electrons. The molecule has 1 aromatic rings. The number of fused-ring (bicyclic) bond motifs is 1. The van der Waals surface area contributed by atoms with Crippen molar-refractivity contribution in [2.24, 2.45) is 4.99 Å². The zero-order valence-corrected chi connectivity index (χ0v) is 16.7. The molecule has 130 valence electrons. The predicted octanol–water partition coefficient (Wildman–Crippen LogP) is 3.44. The molecule has 2 rings (SSSR count). The molecule has 0 spiro atoms. The van der Waals surface area contributed by atoms with Crippen molar-refractivity contribution >= 4 is 29.9 Å². The first-order valence-electron chi connectivity index (χ1n) is 8.53. The third kappa shape index (κ3) is 6.67. The van der Waals surface area contributed by atoms with Crippen molar-refractivity contribution in [3.8, 4) is 0 Å². The quantitative estimate of drug-likeness (QED) is 0.311. The number of nitrogens with zero attached hydrogens (tertiary/aromatic N) is 2. The number of unbranched alkanes of at least 4 members (excludes halogenated alkanes) is 1. The Bertz CT molecular complexity index is 479. The molecule has 23 heavy (non-hydrogen) atoms. The first-order chi connectivity index (χ1) is 10.8. The molecule has 0 saturated carbocycles. The van der Waals surface area contributed by atoms with Gasteiger partial charge in [0.25, 0.3) is 0 Å². The number of halogens is 1. The number of nitrogens with one attached hydrogen (secondary N) is 1. The Labute approximate surface area is 157 Å². The van der Waals surface area contributed by atoms with Crippen molar-refractivity contribution in [1.29, 1.82) is 0 Å². The van der Waals surface area contributed by atoms with Gasteiger partial charge in [-0.25, -0.2) is 0 Å². The molecule has 0 aromatic heterocycles. The van der Waals surface area contributed by atoms with E-state index >= 15 is 0 Å². The van der Waals surface area contributed by atoms with Gasteiger partial charge >= 0.3 is 0 Å². The number of rotatable bonds is 7. The lowest BCUT2D eigenvalue weighted by atomic mass is 10.0. The Morgan fingerprint density at radius 1 is 1.22 bits per heavy atom. The fraction of sp³-hybridized carbons (Fsp3) is 0.611. The summed E-state index contributed by atoms with van der Waals surface area (Å²) >= 11 is 0. The van der Waals surface area contributed by atoms with Crippen molar-refractivity contribution < 1.29 is 4.74 Å². The molecular formula is C18H30IN3O. The van der Waals surface area contributed by atoms with Crippen molar-refractivity contribution in [1.82, 2.24) is 10.2 Å². The highest BCUT2D eigenvalue weighted by Gasteiger charge is 2.18. The standard InChI is InChI=1S/C18H29N3O.HI/c1-3-19-18(20-12-7-8-14-22-4-2)21-13-11-16-9-5-6-10-17(16)15-21;/h5-6,9-10H,3-4,7-8,11-15H2,1-2H3,(H,19,20);1H. The molecule has 1 N–H and O–H groups in total. The van der Waals surface area contributed by atoms with Gasteiger partial charge < -0.3 is 15.0 Å². The summed E-state index contributed by atoms with van der Waals surface area (Å²) < 4.78 is 5.37. The maximum Gasteiger partial charge on any atom is 0.194 e. The largest absolute Gasteiger partial charge is 0.382 e. The first-order valence-corrected chi connectivity index (χ1v) is 8.53. The zero-order chi connectivity index (χ0) is 15.6. The molecule has 4 nitrogen and oxygen atoms in total. The van der Waals surface area contributed by atoms with Crippen LogP contribution in [0.1, 0.15) is 37.8 Å². The van der Waals surface area contributed by atoms with Crippen molar-refractivity contribution in [3.05, 3.63) is 35.4 Å². The average molecular weight is 431 g/mol. The Balaban J connectivity index is 0.00000264. The Hall–Kier alpha value is -0.820. The predicted molar refractivity (Wildman–Crippen MR) is 108 cm³/mol. The highest BCUT2D eigenvalue weighted by Crippen LogP contribution is 2.18. The molecule has 1 aliphatic rings. The highest BCUT2D eigenvalue weighted by atomic mass is 127. The molecule has 1 aromatic carbocycles. The first kappa shape index (κ1) is 20.2. The minimum atomic E-state index is 0. The van der Waals surface area contributed by atoms with E-state index in [9.17, 15) is 0 Å². The second-order valence-corrected chi connectivity index (χ2v) is 5.58.